The average Bonchev–Trinajstić information content (AvgIpc) is 3.29. The summed E-state index contributed by atoms with van der Waals surface area (Å²) >= 11 is 6.28. The first-order valence-electron chi connectivity index (χ1n) is 10.0. The van der Waals surface area contributed by atoms with Gasteiger partial charge in [-0.2, -0.15) is 0 Å². The van der Waals surface area contributed by atoms with Crippen molar-refractivity contribution in [1.82, 2.24) is 14.9 Å². The van der Waals surface area contributed by atoms with Gasteiger partial charge in [0.05, 0.1) is 10.9 Å². The quantitative estimate of drug-likeness (QED) is 0.555. The number of carbonyl (C=O) groups excluding carboxylic acids is 1. The molecule has 1 aliphatic heterocycles. The van der Waals surface area contributed by atoms with Gasteiger partial charge in [-0.25, -0.2) is 17.5 Å². The second-order valence-electron chi connectivity index (χ2n) is 7.27. The molecule has 0 bridgehead atoms. The van der Waals surface area contributed by atoms with Crippen LogP contribution in [0.1, 0.15) is 34.8 Å². The summed E-state index contributed by atoms with van der Waals surface area (Å²) in [6.45, 7) is 5.37. The number of hydrogen-bond donors (Lipinski definition) is 2. The summed E-state index contributed by atoms with van der Waals surface area (Å²) in [6.07, 6.45) is 3.46. The largest absolute Gasteiger partial charge is 0.350 e. The Labute approximate surface area is 187 Å². The lowest BCUT2D eigenvalue weighted by atomic mass is 10.0. The summed E-state index contributed by atoms with van der Waals surface area (Å²) in [4.78, 5) is 14.8. The molecular weight excluding hydrogens is 441 g/mol. The Kier molecular flexibility index (Phi) is 7.83. The van der Waals surface area contributed by atoms with Crippen LogP contribution < -0.4 is 10.0 Å². The zero-order valence-corrected chi connectivity index (χ0v) is 18.6. The average molecular weight is 466 g/mol. The van der Waals surface area contributed by atoms with E-state index in [1.165, 1.54) is 36.4 Å². The first-order chi connectivity index (χ1) is 14.8. The Bertz CT molecular complexity index is 1020. The van der Waals surface area contributed by atoms with E-state index in [0.717, 1.165) is 25.9 Å². The standard InChI is InChI=1S/C22H25ClFN3O3S/c1-2-12-26-31(29,30)17-10-8-16(9-11-17)22(28)25-15-20(27-13-3-4-14-27)21-18(23)6-5-7-19(21)24/h2,5-11,20,26H,1,3-4,12-15H2,(H,25,28). The van der Waals surface area contributed by atoms with E-state index in [4.69, 9.17) is 11.6 Å². The van der Waals surface area contributed by atoms with Crippen molar-refractivity contribution in [3.63, 3.8) is 0 Å². The summed E-state index contributed by atoms with van der Waals surface area (Å²) in [5.74, 6) is -0.778. The monoisotopic (exact) mass is 465 g/mol. The topological polar surface area (TPSA) is 78.5 Å². The number of benzene rings is 2. The van der Waals surface area contributed by atoms with Crippen LogP contribution in [-0.2, 0) is 10.0 Å². The first kappa shape index (κ1) is 23.4. The van der Waals surface area contributed by atoms with Gasteiger partial charge in [0.1, 0.15) is 5.82 Å². The minimum atomic E-state index is -3.66. The van der Waals surface area contributed by atoms with Gasteiger partial charge in [-0.15, -0.1) is 6.58 Å². The molecule has 2 aromatic carbocycles. The van der Waals surface area contributed by atoms with Crippen molar-refractivity contribution in [3.05, 3.63) is 77.1 Å². The van der Waals surface area contributed by atoms with E-state index < -0.39 is 15.8 Å². The molecule has 1 amide bonds. The summed E-state index contributed by atoms with van der Waals surface area (Å²) in [5, 5.41) is 3.16. The van der Waals surface area contributed by atoms with E-state index >= 15 is 0 Å². The zero-order valence-electron chi connectivity index (χ0n) is 17.0. The van der Waals surface area contributed by atoms with Gasteiger partial charge >= 0.3 is 0 Å². The lowest BCUT2D eigenvalue weighted by Gasteiger charge is -2.29. The molecular formula is C22H25ClFN3O3S. The van der Waals surface area contributed by atoms with Crippen LogP contribution in [0.25, 0.3) is 0 Å². The molecule has 1 unspecified atom stereocenters. The van der Waals surface area contributed by atoms with Crippen molar-refractivity contribution < 1.29 is 17.6 Å². The highest BCUT2D eigenvalue weighted by atomic mass is 35.5. The van der Waals surface area contributed by atoms with E-state index in [-0.39, 0.29) is 29.9 Å². The number of rotatable bonds is 9. The van der Waals surface area contributed by atoms with Crippen LogP contribution in [-0.4, -0.2) is 45.4 Å². The molecule has 0 saturated carbocycles. The lowest BCUT2D eigenvalue weighted by Crippen LogP contribution is -2.37. The van der Waals surface area contributed by atoms with Crippen molar-refractivity contribution in [3.8, 4) is 0 Å². The van der Waals surface area contributed by atoms with Crippen molar-refractivity contribution in [2.75, 3.05) is 26.2 Å². The maximum Gasteiger partial charge on any atom is 0.251 e. The zero-order chi connectivity index (χ0) is 22.4. The number of nitrogens with zero attached hydrogens (tertiary/aromatic N) is 1. The molecule has 1 aliphatic rings. The van der Waals surface area contributed by atoms with Gasteiger partial charge in [0.2, 0.25) is 10.0 Å². The number of likely N-dealkylation sites (tertiary alicyclic amines) is 1. The molecule has 31 heavy (non-hydrogen) atoms. The van der Waals surface area contributed by atoms with Gasteiger partial charge in [0.15, 0.2) is 0 Å². The predicted octanol–water partition coefficient (Wildman–Crippen LogP) is 3.51. The fourth-order valence-corrected chi connectivity index (χ4v) is 4.91. The highest BCUT2D eigenvalue weighted by Gasteiger charge is 2.28. The maximum atomic E-state index is 14.6. The predicted molar refractivity (Wildman–Crippen MR) is 119 cm³/mol. The van der Waals surface area contributed by atoms with Gasteiger partial charge < -0.3 is 5.32 Å². The number of nitrogens with one attached hydrogen (secondary N) is 2. The fraction of sp³-hybridized carbons (Fsp3) is 0.318. The molecule has 1 atom stereocenters. The molecule has 2 N–H and O–H groups in total. The van der Waals surface area contributed by atoms with Crippen molar-refractivity contribution in [1.29, 1.82) is 0 Å². The number of carbonyl (C=O) groups is 1. The molecule has 6 nitrogen and oxygen atoms in total. The van der Waals surface area contributed by atoms with Crippen LogP contribution in [0, 0.1) is 5.82 Å². The minimum Gasteiger partial charge on any atom is -0.350 e. The van der Waals surface area contributed by atoms with E-state index in [0.29, 0.717) is 16.1 Å². The van der Waals surface area contributed by atoms with Gasteiger partial charge in [0, 0.05) is 29.2 Å². The Morgan fingerprint density at radius 3 is 2.48 bits per heavy atom. The van der Waals surface area contributed by atoms with E-state index in [9.17, 15) is 17.6 Å². The van der Waals surface area contributed by atoms with Crippen molar-refractivity contribution in [2.45, 2.75) is 23.8 Å². The second-order valence-corrected chi connectivity index (χ2v) is 9.44. The van der Waals surface area contributed by atoms with E-state index in [1.54, 1.807) is 12.1 Å². The Morgan fingerprint density at radius 2 is 1.87 bits per heavy atom. The lowest BCUT2D eigenvalue weighted by molar-refractivity contribution is 0.0937. The molecule has 0 aromatic heterocycles. The summed E-state index contributed by atoms with van der Waals surface area (Å²) in [7, 11) is -3.66. The minimum absolute atomic E-state index is 0.0546. The Hall–Kier alpha value is -2.26. The Morgan fingerprint density at radius 1 is 1.19 bits per heavy atom. The number of hydrogen-bond acceptors (Lipinski definition) is 4. The highest BCUT2D eigenvalue weighted by Crippen LogP contribution is 2.32. The summed E-state index contributed by atoms with van der Waals surface area (Å²) in [6, 6.07) is 9.80. The molecule has 166 valence electrons. The van der Waals surface area contributed by atoms with Crippen molar-refractivity contribution >= 4 is 27.5 Å². The SMILES string of the molecule is C=CCNS(=O)(=O)c1ccc(C(=O)NCC(c2c(F)cccc2Cl)N2CCCC2)cc1. The fourth-order valence-electron chi connectivity index (χ4n) is 3.62. The Balaban J connectivity index is 1.73. The number of amides is 1. The molecule has 9 heteroatoms. The van der Waals surface area contributed by atoms with Crippen LogP contribution in [0.3, 0.4) is 0 Å². The van der Waals surface area contributed by atoms with E-state index in [2.05, 4.69) is 21.5 Å². The second kappa shape index (κ2) is 10.4. The smallest absolute Gasteiger partial charge is 0.251 e. The maximum absolute atomic E-state index is 14.6. The first-order valence-corrected chi connectivity index (χ1v) is 11.9. The van der Waals surface area contributed by atoms with Crippen molar-refractivity contribution in [2.24, 2.45) is 0 Å². The van der Waals surface area contributed by atoms with Gasteiger partial charge in [0.25, 0.3) is 5.91 Å². The van der Waals surface area contributed by atoms with E-state index in [1.807, 2.05) is 0 Å². The highest BCUT2D eigenvalue weighted by molar-refractivity contribution is 7.89. The third-order valence-corrected chi connectivity index (χ3v) is 6.98. The normalized spacial score (nSPS) is 15.5. The van der Waals surface area contributed by atoms with Crippen LogP contribution in [0.4, 0.5) is 4.39 Å². The van der Waals surface area contributed by atoms with Crippen LogP contribution >= 0.6 is 11.6 Å². The van der Waals surface area contributed by atoms with Gasteiger partial charge in [-0.3, -0.25) is 9.69 Å². The van der Waals surface area contributed by atoms with Crippen LogP contribution in [0.2, 0.25) is 5.02 Å². The third-order valence-electron chi connectivity index (χ3n) is 5.21. The van der Waals surface area contributed by atoms with Crippen LogP contribution in [0.15, 0.2) is 60.0 Å². The number of halogens is 2. The molecule has 1 heterocycles. The molecule has 1 saturated heterocycles. The van der Waals surface area contributed by atoms with Gasteiger partial charge in [-0.1, -0.05) is 23.7 Å². The summed E-state index contributed by atoms with van der Waals surface area (Å²) in [5.41, 5.74) is 0.684. The summed E-state index contributed by atoms with van der Waals surface area (Å²) < 4.78 is 41.2. The molecule has 3 rings (SSSR count). The van der Waals surface area contributed by atoms with Crippen LogP contribution in [0.5, 0.6) is 0 Å². The molecule has 1 fully saturated rings. The molecule has 0 radical (unpaired) electrons. The molecule has 2 aromatic rings. The molecule has 0 spiro atoms. The molecule has 0 aliphatic carbocycles. The third kappa shape index (κ3) is 5.71. The van der Waals surface area contributed by atoms with Gasteiger partial charge in [-0.05, 0) is 62.3 Å². The number of sulfonamides is 1.